The third-order valence-corrected chi connectivity index (χ3v) is 4.85. The first kappa shape index (κ1) is 18.0. The lowest BCUT2D eigenvalue weighted by Crippen LogP contribution is -2.23. The van der Waals surface area contributed by atoms with E-state index in [1.54, 1.807) is 41.2 Å². The molecule has 1 saturated heterocycles. The molecule has 0 radical (unpaired) electrons. The number of anilines is 3. The molecule has 2 aromatic heterocycles. The van der Waals surface area contributed by atoms with E-state index in [4.69, 9.17) is 5.73 Å². The average molecular weight is 380 g/mol. The van der Waals surface area contributed by atoms with E-state index < -0.39 is 11.7 Å². The van der Waals surface area contributed by atoms with Crippen LogP contribution in [0.1, 0.15) is 23.3 Å². The van der Waals surface area contributed by atoms with E-state index in [1.165, 1.54) is 6.07 Å². The van der Waals surface area contributed by atoms with E-state index in [2.05, 4.69) is 20.3 Å². The third-order valence-electron chi connectivity index (χ3n) is 4.85. The maximum atomic E-state index is 14.1. The number of pyridine rings is 1. The number of hydrogen-bond donors (Lipinski definition) is 2. The number of rotatable bonds is 4. The van der Waals surface area contributed by atoms with Gasteiger partial charge in [0.25, 0.3) is 5.91 Å². The number of nitrogens with two attached hydrogens (primary N) is 1. The Morgan fingerprint density at radius 2 is 1.93 bits per heavy atom. The largest absolute Gasteiger partial charge is 0.397 e. The van der Waals surface area contributed by atoms with Gasteiger partial charge in [-0.15, -0.1) is 0 Å². The Labute approximate surface area is 162 Å². The van der Waals surface area contributed by atoms with Gasteiger partial charge in [0, 0.05) is 25.7 Å². The Balaban J connectivity index is 1.64. The second kappa shape index (κ2) is 7.30. The van der Waals surface area contributed by atoms with Gasteiger partial charge >= 0.3 is 0 Å². The van der Waals surface area contributed by atoms with E-state index in [-0.39, 0.29) is 11.4 Å². The zero-order valence-electron chi connectivity index (χ0n) is 15.5. The van der Waals surface area contributed by atoms with Gasteiger partial charge in [-0.2, -0.15) is 5.10 Å². The fourth-order valence-corrected chi connectivity index (χ4v) is 3.48. The molecular weight excluding hydrogens is 359 g/mol. The first-order valence-electron chi connectivity index (χ1n) is 9.14. The molecule has 3 heterocycles. The highest BCUT2D eigenvalue weighted by molar-refractivity contribution is 6.07. The quantitative estimate of drug-likeness (QED) is 0.726. The number of amides is 1. The summed E-state index contributed by atoms with van der Waals surface area (Å²) in [7, 11) is 1.84. The Kier molecular flexibility index (Phi) is 4.68. The van der Waals surface area contributed by atoms with Gasteiger partial charge in [-0.05, 0) is 37.1 Å². The van der Waals surface area contributed by atoms with Crippen LogP contribution in [0.15, 0.2) is 42.6 Å². The van der Waals surface area contributed by atoms with Crippen molar-refractivity contribution in [2.45, 2.75) is 12.8 Å². The minimum absolute atomic E-state index is 0.0528. The first-order valence-corrected chi connectivity index (χ1v) is 9.14. The van der Waals surface area contributed by atoms with Crippen molar-refractivity contribution in [3.63, 3.8) is 0 Å². The van der Waals surface area contributed by atoms with Crippen molar-refractivity contribution in [2.24, 2.45) is 7.05 Å². The number of carbonyl (C=O) groups excluding carboxylic acids is 1. The van der Waals surface area contributed by atoms with Gasteiger partial charge in [-0.3, -0.25) is 9.48 Å². The zero-order chi connectivity index (χ0) is 19.7. The fourth-order valence-electron chi connectivity index (χ4n) is 3.48. The number of benzene rings is 1. The van der Waals surface area contributed by atoms with Crippen LogP contribution < -0.4 is 16.0 Å². The summed E-state index contributed by atoms with van der Waals surface area (Å²) in [5, 5.41) is 7.12. The maximum Gasteiger partial charge on any atom is 0.276 e. The standard InChI is InChI=1S/C20H21FN6O/c1-26-20(27-10-4-5-11-27)17(12-23-26)25-19(28)18-15(22)8-9-16(24-18)13-6-2-3-7-14(13)21/h2-3,6-9,12H,4-5,10-11,22H2,1H3,(H,25,28). The SMILES string of the molecule is Cn1ncc(NC(=O)c2nc(-c3ccccc3F)ccc2N)c1N1CCCC1. The summed E-state index contributed by atoms with van der Waals surface area (Å²) >= 11 is 0. The van der Waals surface area contributed by atoms with Crippen LogP contribution in [-0.4, -0.2) is 33.8 Å². The molecule has 7 nitrogen and oxygen atoms in total. The minimum Gasteiger partial charge on any atom is -0.397 e. The summed E-state index contributed by atoms with van der Waals surface area (Å²) in [6.45, 7) is 1.84. The number of aromatic nitrogens is 3. The highest BCUT2D eigenvalue weighted by atomic mass is 19.1. The number of aryl methyl sites for hydroxylation is 1. The summed E-state index contributed by atoms with van der Waals surface area (Å²) in [5.74, 6) is -0.00600. The normalized spacial score (nSPS) is 13.7. The number of nitrogen functional groups attached to an aromatic ring is 1. The van der Waals surface area contributed by atoms with Crippen LogP contribution >= 0.6 is 0 Å². The van der Waals surface area contributed by atoms with E-state index in [9.17, 15) is 9.18 Å². The van der Waals surface area contributed by atoms with Crippen LogP contribution in [0.3, 0.4) is 0 Å². The van der Waals surface area contributed by atoms with Crippen molar-refractivity contribution in [1.82, 2.24) is 14.8 Å². The molecule has 3 aromatic rings. The molecule has 1 aromatic carbocycles. The lowest BCUT2D eigenvalue weighted by atomic mass is 10.1. The molecule has 0 bridgehead atoms. The average Bonchev–Trinajstić information content (AvgIpc) is 3.32. The number of carbonyl (C=O) groups is 1. The summed E-state index contributed by atoms with van der Waals surface area (Å²) < 4.78 is 15.8. The molecule has 1 fully saturated rings. The molecule has 8 heteroatoms. The van der Waals surface area contributed by atoms with Crippen LogP contribution in [0.25, 0.3) is 11.3 Å². The van der Waals surface area contributed by atoms with Crippen molar-refractivity contribution in [3.8, 4) is 11.3 Å². The van der Waals surface area contributed by atoms with Crippen molar-refractivity contribution in [1.29, 1.82) is 0 Å². The molecule has 3 N–H and O–H groups in total. The molecular formula is C20H21FN6O. The lowest BCUT2D eigenvalue weighted by Gasteiger charge is -2.19. The summed E-state index contributed by atoms with van der Waals surface area (Å²) in [4.78, 5) is 19.4. The van der Waals surface area contributed by atoms with Gasteiger partial charge in [-0.25, -0.2) is 9.37 Å². The molecule has 1 aliphatic rings. The predicted octanol–water partition coefficient (Wildman–Crippen LogP) is 3.06. The molecule has 0 aliphatic carbocycles. The minimum atomic E-state index is -0.455. The molecule has 0 saturated carbocycles. The van der Waals surface area contributed by atoms with Crippen LogP contribution in [0, 0.1) is 5.82 Å². The van der Waals surface area contributed by atoms with Crippen LogP contribution in [-0.2, 0) is 7.05 Å². The number of nitrogens with one attached hydrogen (secondary N) is 1. The number of halogens is 1. The van der Waals surface area contributed by atoms with Gasteiger partial charge in [0.1, 0.15) is 11.5 Å². The van der Waals surface area contributed by atoms with Crippen molar-refractivity contribution in [2.75, 3.05) is 29.0 Å². The van der Waals surface area contributed by atoms with Gasteiger partial charge in [0.05, 0.1) is 17.6 Å². The van der Waals surface area contributed by atoms with E-state index >= 15 is 0 Å². The van der Waals surface area contributed by atoms with Crippen molar-refractivity contribution < 1.29 is 9.18 Å². The van der Waals surface area contributed by atoms with E-state index in [1.807, 2.05) is 7.05 Å². The molecule has 1 aliphatic heterocycles. The molecule has 4 rings (SSSR count). The van der Waals surface area contributed by atoms with Crippen LogP contribution in [0.4, 0.5) is 21.6 Å². The Morgan fingerprint density at radius 1 is 1.18 bits per heavy atom. The van der Waals surface area contributed by atoms with Crippen molar-refractivity contribution >= 4 is 23.1 Å². The fraction of sp³-hybridized carbons (Fsp3) is 0.250. The Morgan fingerprint density at radius 3 is 2.68 bits per heavy atom. The second-order valence-electron chi connectivity index (χ2n) is 6.77. The smallest absolute Gasteiger partial charge is 0.276 e. The van der Waals surface area contributed by atoms with E-state index in [0.717, 1.165) is 31.7 Å². The highest BCUT2D eigenvalue weighted by Crippen LogP contribution is 2.29. The highest BCUT2D eigenvalue weighted by Gasteiger charge is 2.22. The van der Waals surface area contributed by atoms with Gasteiger partial charge < -0.3 is 16.0 Å². The predicted molar refractivity (Wildman–Crippen MR) is 107 cm³/mol. The van der Waals surface area contributed by atoms with Gasteiger partial charge in [0.2, 0.25) is 0 Å². The molecule has 0 atom stereocenters. The number of hydrogen-bond acceptors (Lipinski definition) is 5. The molecule has 1 amide bonds. The Hall–Kier alpha value is -3.42. The third kappa shape index (κ3) is 3.28. The zero-order valence-corrected chi connectivity index (χ0v) is 15.5. The summed E-state index contributed by atoms with van der Waals surface area (Å²) in [6, 6.07) is 9.45. The summed E-state index contributed by atoms with van der Waals surface area (Å²) in [5.41, 5.74) is 7.53. The van der Waals surface area contributed by atoms with E-state index in [0.29, 0.717) is 16.9 Å². The molecule has 144 valence electrons. The summed E-state index contributed by atoms with van der Waals surface area (Å²) in [6.07, 6.45) is 3.83. The number of nitrogens with zero attached hydrogens (tertiary/aromatic N) is 4. The first-order chi connectivity index (χ1) is 13.5. The van der Waals surface area contributed by atoms with Crippen LogP contribution in [0.2, 0.25) is 0 Å². The topological polar surface area (TPSA) is 89.1 Å². The van der Waals surface area contributed by atoms with Gasteiger partial charge in [0.15, 0.2) is 11.5 Å². The second-order valence-corrected chi connectivity index (χ2v) is 6.77. The molecule has 0 spiro atoms. The molecule has 0 unspecified atom stereocenters. The molecule has 28 heavy (non-hydrogen) atoms. The maximum absolute atomic E-state index is 14.1. The monoisotopic (exact) mass is 380 g/mol. The van der Waals surface area contributed by atoms with Gasteiger partial charge in [-0.1, -0.05) is 12.1 Å². The van der Waals surface area contributed by atoms with Crippen molar-refractivity contribution in [3.05, 3.63) is 54.1 Å². The lowest BCUT2D eigenvalue weighted by molar-refractivity contribution is 0.102. The van der Waals surface area contributed by atoms with Crippen LogP contribution in [0.5, 0.6) is 0 Å². The Bertz CT molecular complexity index is 1030.